The number of amides is 1. The summed E-state index contributed by atoms with van der Waals surface area (Å²) >= 11 is 0. The van der Waals surface area contributed by atoms with Gasteiger partial charge in [-0.3, -0.25) is 0 Å². The third-order valence-electron chi connectivity index (χ3n) is 4.08. The van der Waals surface area contributed by atoms with Gasteiger partial charge in [-0.25, -0.2) is 4.79 Å². The summed E-state index contributed by atoms with van der Waals surface area (Å²) in [4.78, 5) is 11.9. The van der Waals surface area contributed by atoms with E-state index in [2.05, 4.69) is 24.5 Å². The average molecular weight is 328 g/mol. The summed E-state index contributed by atoms with van der Waals surface area (Å²) in [6.45, 7) is 10.7. The van der Waals surface area contributed by atoms with Gasteiger partial charge in [0.05, 0.1) is 6.10 Å². The number of hydrogen-bond donors (Lipinski definition) is 2. The van der Waals surface area contributed by atoms with Crippen LogP contribution in [0.3, 0.4) is 0 Å². The van der Waals surface area contributed by atoms with Crippen LogP contribution in [0, 0.1) is 5.92 Å². The van der Waals surface area contributed by atoms with Crippen molar-refractivity contribution < 1.29 is 14.3 Å². The number of rotatable bonds is 7. The van der Waals surface area contributed by atoms with Gasteiger partial charge in [-0.05, 0) is 58.8 Å². The highest BCUT2D eigenvalue weighted by molar-refractivity contribution is 5.67. The summed E-state index contributed by atoms with van der Waals surface area (Å²) in [5.74, 6) is 0.578. The van der Waals surface area contributed by atoms with E-state index in [-0.39, 0.29) is 12.1 Å². The second kappa shape index (κ2) is 9.48. The molecule has 0 aromatic rings. The monoisotopic (exact) mass is 328 g/mol. The smallest absolute Gasteiger partial charge is 0.407 e. The molecule has 5 heteroatoms. The maximum absolute atomic E-state index is 11.9. The molecule has 1 rings (SSSR count). The summed E-state index contributed by atoms with van der Waals surface area (Å²) in [5.41, 5.74) is -0.458. The number of carbonyl (C=O) groups excluding carboxylic acids is 1. The third-order valence-corrected chi connectivity index (χ3v) is 4.08. The first-order valence-corrected chi connectivity index (χ1v) is 8.95. The van der Waals surface area contributed by atoms with Gasteiger partial charge in [0, 0.05) is 25.7 Å². The molecule has 0 aromatic heterocycles. The largest absolute Gasteiger partial charge is 0.444 e. The van der Waals surface area contributed by atoms with Gasteiger partial charge >= 0.3 is 6.09 Å². The van der Waals surface area contributed by atoms with E-state index in [1.54, 1.807) is 7.11 Å². The second-order valence-electron chi connectivity index (χ2n) is 8.10. The van der Waals surface area contributed by atoms with Crippen molar-refractivity contribution in [2.75, 3.05) is 13.7 Å². The van der Waals surface area contributed by atoms with Gasteiger partial charge in [0.15, 0.2) is 0 Å². The predicted octanol–water partition coefficient (Wildman–Crippen LogP) is 3.47. The summed E-state index contributed by atoms with van der Waals surface area (Å²) in [7, 11) is 1.79. The lowest BCUT2D eigenvalue weighted by molar-refractivity contribution is 0.0495. The van der Waals surface area contributed by atoms with E-state index in [1.165, 1.54) is 12.8 Å². The Bertz CT molecular complexity index is 353. The van der Waals surface area contributed by atoms with Crippen LogP contribution in [-0.2, 0) is 9.47 Å². The molecule has 1 saturated carbocycles. The topological polar surface area (TPSA) is 59.6 Å². The summed E-state index contributed by atoms with van der Waals surface area (Å²) in [6, 6.07) is 0.737. The van der Waals surface area contributed by atoms with Crippen LogP contribution in [0.1, 0.15) is 66.7 Å². The minimum Gasteiger partial charge on any atom is -0.444 e. The van der Waals surface area contributed by atoms with E-state index in [9.17, 15) is 4.79 Å². The molecule has 1 aliphatic carbocycles. The highest BCUT2D eigenvalue weighted by Gasteiger charge is 2.25. The van der Waals surface area contributed by atoms with Crippen LogP contribution in [0.25, 0.3) is 0 Å². The molecular weight excluding hydrogens is 292 g/mol. The number of alkyl carbamates (subject to hydrolysis) is 1. The van der Waals surface area contributed by atoms with Crippen LogP contribution >= 0.6 is 0 Å². The molecule has 0 bridgehead atoms. The Morgan fingerprint density at radius 1 is 1.26 bits per heavy atom. The predicted molar refractivity (Wildman–Crippen MR) is 93.7 cm³/mol. The van der Waals surface area contributed by atoms with Crippen LogP contribution < -0.4 is 10.6 Å². The van der Waals surface area contributed by atoms with Crippen molar-refractivity contribution in [2.24, 2.45) is 5.92 Å². The normalized spacial score (nSPS) is 23.6. The van der Waals surface area contributed by atoms with E-state index in [0.717, 1.165) is 19.3 Å². The van der Waals surface area contributed by atoms with Gasteiger partial charge in [0.2, 0.25) is 0 Å². The maximum atomic E-state index is 11.9. The molecule has 0 aliphatic heterocycles. The molecule has 1 aliphatic rings. The Morgan fingerprint density at radius 2 is 1.96 bits per heavy atom. The highest BCUT2D eigenvalue weighted by atomic mass is 16.6. The lowest BCUT2D eigenvalue weighted by Crippen LogP contribution is -2.48. The van der Waals surface area contributed by atoms with Crippen LogP contribution in [0.15, 0.2) is 0 Å². The first kappa shape index (κ1) is 20.2. The van der Waals surface area contributed by atoms with E-state index in [0.29, 0.717) is 24.6 Å². The fourth-order valence-electron chi connectivity index (χ4n) is 3.14. The van der Waals surface area contributed by atoms with Gasteiger partial charge in [-0.15, -0.1) is 0 Å². The molecule has 1 amide bonds. The maximum Gasteiger partial charge on any atom is 0.407 e. The molecule has 1 fully saturated rings. The van der Waals surface area contributed by atoms with E-state index in [4.69, 9.17) is 9.47 Å². The summed E-state index contributed by atoms with van der Waals surface area (Å²) < 4.78 is 10.8. The van der Waals surface area contributed by atoms with Gasteiger partial charge < -0.3 is 20.1 Å². The zero-order chi connectivity index (χ0) is 17.5. The number of carbonyl (C=O) groups is 1. The molecule has 0 radical (unpaired) electrons. The van der Waals surface area contributed by atoms with Gasteiger partial charge in [-0.2, -0.15) is 0 Å². The molecule has 0 heterocycles. The van der Waals surface area contributed by atoms with Crippen LogP contribution in [0.4, 0.5) is 4.79 Å². The molecule has 136 valence electrons. The molecule has 0 spiro atoms. The van der Waals surface area contributed by atoms with Gasteiger partial charge in [0.25, 0.3) is 0 Å². The molecule has 5 nitrogen and oxygen atoms in total. The Hall–Kier alpha value is -0.810. The van der Waals surface area contributed by atoms with Crippen molar-refractivity contribution in [1.82, 2.24) is 10.6 Å². The highest BCUT2D eigenvalue weighted by Crippen LogP contribution is 2.21. The minimum atomic E-state index is -0.458. The van der Waals surface area contributed by atoms with Gasteiger partial charge in [-0.1, -0.05) is 13.8 Å². The van der Waals surface area contributed by atoms with Crippen LogP contribution in [-0.4, -0.2) is 43.5 Å². The van der Waals surface area contributed by atoms with Crippen molar-refractivity contribution >= 4 is 6.09 Å². The number of methoxy groups -OCH3 is 1. The molecular formula is C18H36N2O3. The number of ether oxygens (including phenoxy) is 2. The third kappa shape index (κ3) is 9.16. The van der Waals surface area contributed by atoms with Crippen molar-refractivity contribution in [3.05, 3.63) is 0 Å². The zero-order valence-electron chi connectivity index (χ0n) is 15.8. The van der Waals surface area contributed by atoms with Crippen molar-refractivity contribution in [1.29, 1.82) is 0 Å². The Balaban J connectivity index is 2.47. The van der Waals surface area contributed by atoms with E-state index >= 15 is 0 Å². The molecule has 3 atom stereocenters. The number of nitrogens with one attached hydrogen (secondary N) is 2. The Kier molecular flexibility index (Phi) is 8.34. The van der Waals surface area contributed by atoms with Crippen LogP contribution in [0.2, 0.25) is 0 Å². The van der Waals surface area contributed by atoms with E-state index < -0.39 is 5.60 Å². The average Bonchev–Trinajstić information content (AvgIpc) is 2.42. The molecule has 23 heavy (non-hydrogen) atoms. The second-order valence-corrected chi connectivity index (χ2v) is 8.10. The lowest BCUT2D eigenvalue weighted by atomic mass is 9.91. The van der Waals surface area contributed by atoms with Crippen LogP contribution in [0.5, 0.6) is 0 Å². The molecule has 2 N–H and O–H groups in total. The standard InChI is InChI=1S/C18H36N2O3/c1-13(2)10-15(12-19-17(21)23-18(3,4)5)20-14-8-7-9-16(11-14)22-6/h13-16,20H,7-12H2,1-6H3,(H,19,21). The number of hydrogen-bond acceptors (Lipinski definition) is 4. The minimum absolute atomic E-state index is 0.267. The summed E-state index contributed by atoms with van der Waals surface area (Å²) in [5, 5.41) is 6.62. The zero-order valence-corrected chi connectivity index (χ0v) is 15.8. The molecule has 0 aromatic carbocycles. The first-order valence-electron chi connectivity index (χ1n) is 8.95. The summed E-state index contributed by atoms with van der Waals surface area (Å²) in [6.07, 6.45) is 5.64. The van der Waals surface area contributed by atoms with Gasteiger partial charge in [0.1, 0.15) is 5.60 Å². The van der Waals surface area contributed by atoms with Crippen molar-refractivity contribution in [3.63, 3.8) is 0 Å². The molecule has 3 unspecified atom stereocenters. The fourth-order valence-corrected chi connectivity index (χ4v) is 3.14. The SMILES string of the molecule is COC1CCCC(NC(CNC(=O)OC(C)(C)C)CC(C)C)C1. The quantitative estimate of drug-likeness (QED) is 0.751. The fraction of sp³-hybridized carbons (Fsp3) is 0.944. The Morgan fingerprint density at radius 3 is 2.52 bits per heavy atom. The molecule has 0 saturated heterocycles. The van der Waals surface area contributed by atoms with Crippen molar-refractivity contribution in [2.45, 2.75) is 90.5 Å². The Labute approximate surface area is 141 Å². The van der Waals surface area contributed by atoms with E-state index in [1.807, 2.05) is 20.8 Å². The van der Waals surface area contributed by atoms with Crippen molar-refractivity contribution in [3.8, 4) is 0 Å². The first-order chi connectivity index (χ1) is 10.7. The lowest BCUT2D eigenvalue weighted by Gasteiger charge is -2.33.